The fourth-order valence-corrected chi connectivity index (χ4v) is 3.14. The number of anilines is 1. The summed E-state index contributed by atoms with van der Waals surface area (Å²) in [4.78, 5) is 17.0. The molecule has 4 rings (SSSR count). The molecule has 0 radical (unpaired) electrons. The van der Waals surface area contributed by atoms with Gasteiger partial charge in [0, 0.05) is 22.8 Å². The molecule has 30 heavy (non-hydrogen) atoms. The van der Waals surface area contributed by atoms with Crippen molar-refractivity contribution >= 4 is 23.2 Å². The van der Waals surface area contributed by atoms with E-state index in [0.29, 0.717) is 34.5 Å². The van der Waals surface area contributed by atoms with E-state index in [-0.39, 0.29) is 12.5 Å². The van der Waals surface area contributed by atoms with E-state index in [2.05, 4.69) is 20.8 Å². The van der Waals surface area contributed by atoms with Crippen LogP contribution >= 0.6 is 11.6 Å². The van der Waals surface area contributed by atoms with Crippen molar-refractivity contribution in [1.29, 1.82) is 0 Å². The number of halogens is 1. The molecule has 0 aliphatic carbocycles. The molecule has 0 saturated heterocycles. The summed E-state index contributed by atoms with van der Waals surface area (Å²) in [7, 11) is 0. The van der Waals surface area contributed by atoms with Crippen LogP contribution in [0.4, 0.5) is 5.69 Å². The molecular formula is C23H19ClN4O2. The predicted molar refractivity (Wildman–Crippen MR) is 116 cm³/mol. The van der Waals surface area contributed by atoms with Crippen LogP contribution in [0.15, 0.2) is 83.4 Å². The lowest BCUT2D eigenvalue weighted by atomic mass is 10.1. The molecular weight excluding hydrogens is 400 g/mol. The molecule has 0 spiro atoms. The quantitative estimate of drug-likeness (QED) is 0.444. The van der Waals surface area contributed by atoms with E-state index in [1.54, 1.807) is 18.2 Å². The molecule has 0 bridgehead atoms. The van der Waals surface area contributed by atoms with Crippen LogP contribution in [-0.2, 0) is 13.1 Å². The second kappa shape index (κ2) is 9.24. The average Bonchev–Trinajstić information content (AvgIpc) is 3.26. The highest BCUT2D eigenvalue weighted by atomic mass is 35.5. The number of benzene rings is 3. The van der Waals surface area contributed by atoms with Gasteiger partial charge in [0.1, 0.15) is 0 Å². The Bertz CT molecular complexity index is 1140. The Morgan fingerprint density at radius 2 is 1.73 bits per heavy atom. The van der Waals surface area contributed by atoms with E-state index in [0.717, 1.165) is 11.1 Å². The number of amides is 1. The highest BCUT2D eigenvalue weighted by Crippen LogP contribution is 2.21. The topological polar surface area (TPSA) is 80.0 Å². The van der Waals surface area contributed by atoms with E-state index in [4.69, 9.17) is 16.1 Å². The Morgan fingerprint density at radius 3 is 2.57 bits per heavy atom. The molecule has 0 atom stereocenters. The van der Waals surface area contributed by atoms with Gasteiger partial charge < -0.3 is 15.2 Å². The number of nitrogens with zero attached hydrogens (tertiary/aromatic N) is 2. The Kier molecular flexibility index (Phi) is 6.06. The summed E-state index contributed by atoms with van der Waals surface area (Å²) in [5, 5.41) is 10.7. The van der Waals surface area contributed by atoms with Gasteiger partial charge in [-0.05, 0) is 29.8 Å². The summed E-state index contributed by atoms with van der Waals surface area (Å²) in [6.45, 7) is 0.747. The fraction of sp³-hybridized carbons (Fsp3) is 0.0870. The van der Waals surface area contributed by atoms with Crippen LogP contribution < -0.4 is 10.6 Å². The van der Waals surface area contributed by atoms with Crippen LogP contribution in [0.5, 0.6) is 0 Å². The molecule has 0 saturated carbocycles. The maximum Gasteiger partial charge on any atom is 0.253 e. The monoisotopic (exact) mass is 418 g/mol. The van der Waals surface area contributed by atoms with E-state index in [9.17, 15) is 4.79 Å². The Morgan fingerprint density at radius 1 is 0.933 bits per heavy atom. The van der Waals surface area contributed by atoms with Crippen molar-refractivity contribution < 1.29 is 9.32 Å². The van der Waals surface area contributed by atoms with Gasteiger partial charge in [0.15, 0.2) is 0 Å². The van der Waals surface area contributed by atoms with Crippen molar-refractivity contribution in [2.45, 2.75) is 13.1 Å². The lowest BCUT2D eigenvalue weighted by Crippen LogP contribution is -2.23. The minimum absolute atomic E-state index is 0.160. The highest BCUT2D eigenvalue weighted by molar-refractivity contribution is 6.30. The maximum absolute atomic E-state index is 12.7. The number of carbonyl (C=O) groups excluding carboxylic acids is 1. The lowest BCUT2D eigenvalue weighted by Gasteiger charge is -2.11. The predicted octanol–water partition coefficient (Wildman–Crippen LogP) is 4.93. The minimum atomic E-state index is -0.160. The number of para-hydroxylation sites is 1. The van der Waals surface area contributed by atoms with Gasteiger partial charge in [-0.15, -0.1) is 0 Å². The van der Waals surface area contributed by atoms with Crippen LogP contribution in [0.25, 0.3) is 11.4 Å². The van der Waals surface area contributed by atoms with Crippen molar-refractivity contribution in [2.24, 2.45) is 0 Å². The van der Waals surface area contributed by atoms with Gasteiger partial charge >= 0.3 is 0 Å². The first-order valence-corrected chi connectivity index (χ1v) is 9.80. The Labute approximate surface area is 178 Å². The Balaban J connectivity index is 1.41. The molecule has 1 heterocycles. The number of hydrogen-bond donors (Lipinski definition) is 2. The molecule has 0 fully saturated rings. The van der Waals surface area contributed by atoms with Gasteiger partial charge in [-0.3, -0.25) is 4.79 Å². The van der Waals surface area contributed by atoms with Crippen LogP contribution in [0.2, 0.25) is 5.02 Å². The van der Waals surface area contributed by atoms with E-state index < -0.39 is 0 Å². The normalized spacial score (nSPS) is 10.6. The lowest BCUT2D eigenvalue weighted by molar-refractivity contribution is 0.0951. The number of hydrogen-bond acceptors (Lipinski definition) is 5. The summed E-state index contributed by atoms with van der Waals surface area (Å²) in [6.07, 6.45) is 0. The fourth-order valence-electron chi connectivity index (χ4n) is 2.95. The van der Waals surface area contributed by atoms with Crippen molar-refractivity contribution in [1.82, 2.24) is 15.5 Å². The zero-order valence-electron chi connectivity index (χ0n) is 16.0. The van der Waals surface area contributed by atoms with Gasteiger partial charge in [0.25, 0.3) is 5.91 Å². The average molecular weight is 419 g/mol. The van der Waals surface area contributed by atoms with Crippen LogP contribution in [0.1, 0.15) is 21.8 Å². The number of rotatable bonds is 7. The maximum atomic E-state index is 12.7. The molecule has 1 aromatic heterocycles. The van der Waals surface area contributed by atoms with Gasteiger partial charge in [-0.25, -0.2) is 0 Å². The zero-order valence-corrected chi connectivity index (χ0v) is 16.8. The summed E-state index contributed by atoms with van der Waals surface area (Å²) in [5.41, 5.74) is 3.04. The molecule has 4 aromatic rings. The summed E-state index contributed by atoms with van der Waals surface area (Å²) in [6, 6.07) is 24.3. The molecule has 0 aliphatic rings. The Hall–Kier alpha value is -3.64. The second-order valence-corrected chi connectivity index (χ2v) is 7.03. The second-order valence-electron chi connectivity index (χ2n) is 6.59. The van der Waals surface area contributed by atoms with E-state index >= 15 is 0 Å². The van der Waals surface area contributed by atoms with Gasteiger partial charge in [-0.2, -0.15) is 4.98 Å². The van der Waals surface area contributed by atoms with E-state index in [1.807, 2.05) is 60.7 Å². The van der Waals surface area contributed by atoms with Crippen LogP contribution in [0, 0.1) is 0 Å². The number of aromatic nitrogens is 2. The smallest absolute Gasteiger partial charge is 0.253 e. The molecule has 7 heteroatoms. The first-order chi connectivity index (χ1) is 14.7. The third kappa shape index (κ3) is 4.85. The first kappa shape index (κ1) is 19.7. The van der Waals surface area contributed by atoms with E-state index in [1.165, 1.54) is 0 Å². The zero-order chi connectivity index (χ0) is 20.8. The van der Waals surface area contributed by atoms with Crippen molar-refractivity contribution in [3.05, 3.63) is 101 Å². The van der Waals surface area contributed by atoms with Crippen LogP contribution in [-0.4, -0.2) is 16.0 Å². The van der Waals surface area contributed by atoms with Crippen molar-refractivity contribution in [3.8, 4) is 11.4 Å². The summed E-state index contributed by atoms with van der Waals surface area (Å²) in [5.74, 6) is 0.708. The molecule has 1 amide bonds. The summed E-state index contributed by atoms with van der Waals surface area (Å²) < 4.78 is 5.32. The van der Waals surface area contributed by atoms with Gasteiger partial charge in [0.2, 0.25) is 11.7 Å². The minimum Gasteiger partial charge on any atom is -0.375 e. The van der Waals surface area contributed by atoms with Crippen molar-refractivity contribution in [3.63, 3.8) is 0 Å². The molecule has 0 unspecified atom stereocenters. The first-order valence-electron chi connectivity index (χ1n) is 9.42. The van der Waals surface area contributed by atoms with Gasteiger partial charge in [0.05, 0.1) is 12.1 Å². The third-order valence-corrected chi connectivity index (χ3v) is 4.68. The molecule has 150 valence electrons. The largest absolute Gasteiger partial charge is 0.375 e. The molecule has 2 N–H and O–H groups in total. The molecule has 0 aliphatic heterocycles. The van der Waals surface area contributed by atoms with Gasteiger partial charge in [-0.1, -0.05) is 71.4 Å². The highest BCUT2D eigenvalue weighted by Gasteiger charge is 2.13. The third-order valence-electron chi connectivity index (χ3n) is 4.45. The summed E-state index contributed by atoms with van der Waals surface area (Å²) >= 11 is 6.02. The standard InChI is InChI=1S/C23H19ClN4O2/c24-18-10-6-9-17(13-18)22-27-21(30-28-22)15-25-20-12-5-4-11-19(20)23(29)26-14-16-7-2-1-3-8-16/h1-13,25H,14-15H2,(H,26,29). The molecule has 6 nitrogen and oxygen atoms in total. The molecule has 3 aromatic carbocycles. The van der Waals surface area contributed by atoms with Crippen molar-refractivity contribution in [2.75, 3.05) is 5.32 Å². The van der Waals surface area contributed by atoms with Crippen LogP contribution in [0.3, 0.4) is 0 Å². The number of carbonyl (C=O) groups is 1. The number of nitrogens with one attached hydrogen (secondary N) is 2. The SMILES string of the molecule is O=C(NCc1ccccc1)c1ccccc1NCc1nc(-c2cccc(Cl)c2)no1.